The van der Waals surface area contributed by atoms with Gasteiger partial charge in [-0.15, -0.1) is 0 Å². The van der Waals surface area contributed by atoms with E-state index in [9.17, 15) is 0 Å². The summed E-state index contributed by atoms with van der Waals surface area (Å²) >= 11 is 1.43. The van der Waals surface area contributed by atoms with Crippen LogP contribution in [0.2, 0.25) is 0 Å². The molecule has 0 radical (unpaired) electrons. The molecule has 2 nitrogen and oxygen atoms in total. The summed E-state index contributed by atoms with van der Waals surface area (Å²) in [4.78, 5) is 0. The maximum absolute atomic E-state index is 5.17. The molecule has 0 rings (SSSR count). The fourth-order valence-electron chi connectivity index (χ4n) is 0.190. The fourth-order valence-corrected chi connectivity index (χ4v) is 0.571. The molecule has 0 aromatic carbocycles. The molecular formula is C4H11NOS. The van der Waals surface area contributed by atoms with Gasteiger partial charge < -0.3 is 9.92 Å². The van der Waals surface area contributed by atoms with Crippen molar-refractivity contribution >= 4 is 12.0 Å². The molecule has 0 aliphatic carbocycles. The smallest absolute Gasteiger partial charge is 0.0585 e. The molecule has 0 amide bonds. The molecule has 0 aliphatic heterocycles. The third-order valence-electron chi connectivity index (χ3n) is 0.402. The van der Waals surface area contributed by atoms with E-state index in [1.165, 1.54) is 12.0 Å². The average molecular weight is 121 g/mol. The Balaban J connectivity index is 2.45. The fraction of sp³-hybridized carbons (Fsp3) is 1.00. The average Bonchev–Trinajstić information content (AvgIpc) is 1.69. The summed E-state index contributed by atoms with van der Waals surface area (Å²) in [5, 5.41) is 0. The van der Waals surface area contributed by atoms with E-state index in [1.807, 2.05) is 6.92 Å². The van der Waals surface area contributed by atoms with Crippen molar-refractivity contribution in [1.29, 1.82) is 0 Å². The van der Waals surface area contributed by atoms with Crippen molar-refractivity contribution < 1.29 is 4.18 Å². The largest absolute Gasteiger partial charge is 0.330 e. The van der Waals surface area contributed by atoms with Gasteiger partial charge in [0.05, 0.1) is 6.61 Å². The van der Waals surface area contributed by atoms with E-state index in [0.717, 1.165) is 12.4 Å². The van der Waals surface area contributed by atoms with Crippen LogP contribution < -0.4 is 5.73 Å². The first-order valence-corrected chi connectivity index (χ1v) is 3.27. The van der Waals surface area contributed by atoms with E-state index < -0.39 is 0 Å². The predicted molar refractivity (Wildman–Crippen MR) is 33.1 cm³/mol. The Morgan fingerprint density at radius 3 is 2.86 bits per heavy atom. The van der Waals surface area contributed by atoms with Crippen LogP contribution in [0, 0.1) is 0 Å². The summed E-state index contributed by atoms with van der Waals surface area (Å²) in [5.41, 5.74) is 5.17. The van der Waals surface area contributed by atoms with Gasteiger partial charge >= 0.3 is 0 Å². The first-order chi connectivity index (χ1) is 3.41. The normalized spacial score (nSPS) is 9.43. The van der Waals surface area contributed by atoms with E-state index in [2.05, 4.69) is 0 Å². The van der Waals surface area contributed by atoms with Gasteiger partial charge in [0.15, 0.2) is 0 Å². The van der Waals surface area contributed by atoms with Gasteiger partial charge in [0.1, 0.15) is 0 Å². The maximum atomic E-state index is 5.17. The molecule has 3 heteroatoms. The highest BCUT2D eigenvalue weighted by Gasteiger charge is 1.79. The van der Waals surface area contributed by atoms with Crippen molar-refractivity contribution in [2.45, 2.75) is 6.92 Å². The molecule has 0 spiro atoms. The lowest BCUT2D eigenvalue weighted by atomic mass is 10.8. The van der Waals surface area contributed by atoms with Gasteiger partial charge in [0, 0.05) is 12.3 Å². The van der Waals surface area contributed by atoms with Crippen LogP contribution in [0.3, 0.4) is 0 Å². The van der Waals surface area contributed by atoms with Gasteiger partial charge in [-0.2, -0.15) is 0 Å². The Morgan fingerprint density at radius 1 is 1.71 bits per heavy atom. The zero-order valence-electron chi connectivity index (χ0n) is 4.52. The third-order valence-corrected chi connectivity index (χ3v) is 1.21. The first-order valence-electron chi connectivity index (χ1n) is 2.36. The second-order valence-corrected chi connectivity index (χ2v) is 1.90. The number of rotatable bonds is 4. The van der Waals surface area contributed by atoms with E-state index in [1.54, 1.807) is 0 Å². The zero-order chi connectivity index (χ0) is 5.54. The van der Waals surface area contributed by atoms with E-state index in [0.29, 0.717) is 6.54 Å². The predicted octanol–water partition coefficient (Wildman–Crippen LogP) is 0.630. The van der Waals surface area contributed by atoms with Crippen molar-refractivity contribution in [3.63, 3.8) is 0 Å². The van der Waals surface area contributed by atoms with Crippen molar-refractivity contribution in [3.8, 4) is 0 Å². The molecule has 44 valence electrons. The highest BCUT2D eigenvalue weighted by molar-refractivity contribution is 7.94. The molecular weight excluding hydrogens is 110 g/mol. The van der Waals surface area contributed by atoms with Gasteiger partial charge in [-0.05, 0) is 19.0 Å². The van der Waals surface area contributed by atoms with Gasteiger partial charge in [0.2, 0.25) is 0 Å². The highest BCUT2D eigenvalue weighted by Crippen LogP contribution is 1.97. The second kappa shape index (κ2) is 6.27. The lowest BCUT2D eigenvalue weighted by molar-refractivity contribution is 0.402. The minimum Gasteiger partial charge on any atom is -0.330 e. The molecule has 0 aromatic heterocycles. The van der Waals surface area contributed by atoms with Crippen LogP contribution in [0.4, 0.5) is 0 Å². The molecule has 0 heterocycles. The topological polar surface area (TPSA) is 35.2 Å². The Kier molecular flexibility index (Phi) is 6.51. The van der Waals surface area contributed by atoms with E-state index >= 15 is 0 Å². The zero-order valence-corrected chi connectivity index (χ0v) is 5.33. The van der Waals surface area contributed by atoms with Crippen LogP contribution in [0.1, 0.15) is 6.92 Å². The quantitative estimate of drug-likeness (QED) is 0.437. The van der Waals surface area contributed by atoms with Crippen molar-refractivity contribution in [2.75, 3.05) is 18.9 Å². The number of hydrogen-bond donors (Lipinski definition) is 1. The van der Waals surface area contributed by atoms with Crippen LogP contribution >= 0.6 is 12.0 Å². The Morgan fingerprint density at radius 2 is 2.43 bits per heavy atom. The molecule has 0 fully saturated rings. The van der Waals surface area contributed by atoms with E-state index in [-0.39, 0.29) is 0 Å². The lowest BCUT2D eigenvalue weighted by Gasteiger charge is -1.93. The summed E-state index contributed by atoms with van der Waals surface area (Å²) in [7, 11) is 0. The van der Waals surface area contributed by atoms with Gasteiger partial charge in [-0.1, -0.05) is 0 Å². The first kappa shape index (κ1) is 7.27. The molecule has 0 bridgehead atoms. The number of hydrogen-bond acceptors (Lipinski definition) is 3. The van der Waals surface area contributed by atoms with Gasteiger partial charge in [-0.25, -0.2) is 0 Å². The Hall–Kier alpha value is 0.270. The molecule has 2 N–H and O–H groups in total. The summed E-state index contributed by atoms with van der Waals surface area (Å²) in [6, 6.07) is 0. The Labute approximate surface area is 48.6 Å². The monoisotopic (exact) mass is 121 g/mol. The molecule has 0 saturated heterocycles. The van der Waals surface area contributed by atoms with Crippen LogP contribution in [0.5, 0.6) is 0 Å². The molecule has 0 unspecified atom stereocenters. The van der Waals surface area contributed by atoms with Crippen LogP contribution in [-0.4, -0.2) is 18.9 Å². The van der Waals surface area contributed by atoms with E-state index in [4.69, 9.17) is 9.92 Å². The summed E-state index contributed by atoms with van der Waals surface area (Å²) in [6.45, 7) is 3.43. The second-order valence-electron chi connectivity index (χ2n) is 1.02. The highest BCUT2D eigenvalue weighted by atomic mass is 32.2. The van der Waals surface area contributed by atoms with Crippen LogP contribution in [-0.2, 0) is 4.18 Å². The van der Waals surface area contributed by atoms with Crippen molar-refractivity contribution in [1.82, 2.24) is 0 Å². The van der Waals surface area contributed by atoms with Crippen LogP contribution in [0.15, 0.2) is 0 Å². The third kappa shape index (κ3) is 6.27. The molecule has 0 aromatic rings. The van der Waals surface area contributed by atoms with Gasteiger partial charge in [0.25, 0.3) is 0 Å². The minimum atomic E-state index is 0.699. The van der Waals surface area contributed by atoms with Crippen molar-refractivity contribution in [3.05, 3.63) is 0 Å². The van der Waals surface area contributed by atoms with Crippen LogP contribution in [0.25, 0.3) is 0 Å². The Bertz CT molecular complexity index is 30.9. The molecule has 0 atom stereocenters. The number of nitrogens with two attached hydrogens (primary N) is 1. The molecule has 0 aliphatic rings. The SMILES string of the molecule is CCOSCCN. The molecule has 0 saturated carbocycles. The maximum Gasteiger partial charge on any atom is 0.0585 e. The molecule has 7 heavy (non-hydrogen) atoms. The summed E-state index contributed by atoms with van der Waals surface area (Å²) in [6.07, 6.45) is 0. The summed E-state index contributed by atoms with van der Waals surface area (Å²) < 4.78 is 4.91. The summed E-state index contributed by atoms with van der Waals surface area (Å²) in [5.74, 6) is 0.897. The lowest BCUT2D eigenvalue weighted by Crippen LogP contribution is -2.01. The standard InChI is InChI=1S/C4H11NOS/c1-2-6-7-4-3-5/h2-5H2,1H3. The minimum absolute atomic E-state index is 0.699. The van der Waals surface area contributed by atoms with Gasteiger partial charge in [-0.3, -0.25) is 0 Å². The van der Waals surface area contributed by atoms with Crippen molar-refractivity contribution in [2.24, 2.45) is 5.73 Å².